The van der Waals surface area contributed by atoms with Crippen LogP contribution in [-0.4, -0.2) is 17.6 Å². The summed E-state index contributed by atoms with van der Waals surface area (Å²) >= 11 is 1.81. The minimum Gasteiger partial charge on any atom is -0.362 e. The van der Waals surface area contributed by atoms with E-state index in [1.165, 1.54) is 16.1 Å². The molecule has 0 fully saturated rings. The second kappa shape index (κ2) is 7.41. The van der Waals surface area contributed by atoms with Crippen LogP contribution in [0.5, 0.6) is 0 Å². The van der Waals surface area contributed by atoms with Gasteiger partial charge in [0.2, 0.25) is 0 Å². The fourth-order valence-corrected chi connectivity index (χ4v) is 2.90. The zero-order valence-corrected chi connectivity index (χ0v) is 13.3. The molecule has 2 aromatic rings. The molecule has 0 aliphatic heterocycles. The van der Waals surface area contributed by atoms with Crippen molar-refractivity contribution in [1.82, 2.24) is 10.3 Å². The lowest BCUT2D eigenvalue weighted by atomic mass is 10.1. The van der Waals surface area contributed by atoms with Crippen LogP contribution in [0.25, 0.3) is 0 Å². The molecular formula is C16H23N3S. The van der Waals surface area contributed by atoms with Crippen molar-refractivity contribution in [2.24, 2.45) is 0 Å². The number of pyridine rings is 1. The monoisotopic (exact) mass is 289 g/mol. The zero-order chi connectivity index (χ0) is 14.4. The van der Waals surface area contributed by atoms with Crippen LogP contribution < -0.4 is 10.2 Å². The van der Waals surface area contributed by atoms with Gasteiger partial charge in [-0.05, 0) is 43.5 Å². The van der Waals surface area contributed by atoms with E-state index in [0.29, 0.717) is 6.04 Å². The van der Waals surface area contributed by atoms with Crippen molar-refractivity contribution < 1.29 is 0 Å². The molecule has 2 aromatic heterocycles. The Balaban J connectivity index is 2.24. The lowest BCUT2D eigenvalue weighted by Crippen LogP contribution is -2.31. The van der Waals surface area contributed by atoms with Crippen LogP contribution in [0.3, 0.4) is 0 Å². The molecule has 0 saturated carbocycles. The van der Waals surface area contributed by atoms with Gasteiger partial charge in [0.05, 0.1) is 18.4 Å². The van der Waals surface area contributed by atoms with E-state index in [1.807, 2.05) is 23.7 Å². The first-order valence-electron chi connectivity index (χ1n) is 7.15. The summed E-state index contributed by atoms with van der Waals surface area (Å²) in [5.41, 5.74) is 2.55. The average Bonchev–Trinajstić information content (AvgIpc) is 2.96. The third kappa shape index (κ3) is 3.81. The topological polar surface area (TPSA) is 28.2 Å². The molecule has 0 atom stereocenters. The second-order valence-corrected chi connectivity index (χ2v) is 6.12. The largest absolute Gasteiger partial charge is 0.362 e. The summed E-state index contributed by atoms with van der Waals surface area (Å²) in [6, 6.07) is 6.87. The van der Waals surface area contributed by atoms with E-state index in [-0.39, 0.29) is 0 Å². The Morgan fingerprint density at radius 3 is 2.85 bits per heavy atom. The Morgan fingerprint density at radius 1 is 1.35 bits per heavy atom. The van der Waals surface area contributed by atoms with Gasteiger partial charge in [-0.3, -0.25) is 4.98 Å². The minimum absolute atomic E-state index is 0.446. The molecule has 2 rings (SSSR count). The molecule has 0 unspecified atom stereocenters. The quantitative estimate of drug-likeness (QED) is 0.843. The van der Waals surface area contributed by atoms with Gasteiger partial charge in [-0.2, -0.15) is 0 Å². The molecule has 1 N–H and O–H groups in total. The highest BCUT2D eigenvalue weighted by atomic mass is 32.1. The van der Waals surface area contributed by atoms with E-state index in [9.17, 15) is 0 Å². The normalized spacial score (nSPS) is 11.0. The third-order valence-electron chi connectivity index (χ3n) is 3.29. The summed E-state index contributed by atoms with van der Waals surface area (Å²) in [6.45, 7) is 9.42. The minimum atomic E-state index is 0.446. The van der Waals surface area contributed by atoms with Gasteiger partial charge >= 0.3 is 0 Å². The van der Waals surface area contributed by atoms with Gasteiger partial charge in [-0.1, -0.05) is 13.0 Å². The summed E-state index contributed by atoms with van der Waals surface area (Å²) < 4.78 is 0. The van der Waals surface area contributed by atoms with Gasteiger partial charge < -0.3 is 10.2 Å². The second-order valence-electron chi connectivity index (χ2n) is 5.09. The molecular weight excluding hydrogens is 266 g/mol. The van der Waals surface area contributed by atoms with E-state index in [2.05, 4.69) is 59.6 Å². The van der Waals surface area contributed by atoms with Gasteiger partial charge in [-0.25, -0.2) is 0 Å². The Morgan fingerprint density at radius 2 is 2.20 bits per heavy atom. The van der Waals surface area contributed by atoms with Crippen molar-refractivity contribution in [2.75, 3.05) is 11.4 Å². The molecule has 2 heterocycles. The Labute approximate surface area is 125 Å². The molecule has 0 spiro atoms. The molecule has 0 amide bonds. The van der Waals surface area contributed by atoms with E-state index in [4.69, 9.17) is 0 Å². The predicted octanol–water partition coefficient (Wildman–Crippen LogP) is 3.67. The van der Waals surface area contributed by atoms with Crippen molar-refractivity contribution in [3.05, 3.63) is 46.4 Å². The summed E-state index contributed by atoms with van der Waals surface area (Å²) in [4.78, 5) is 8.13. The lowest BCUT2D eigenvalue weighted by Gasteiger charge is -2.30. The number of hydrogen-bond donors (Lipinski definition) is 1. The van der Waals surface area contributed by atoms with Gasteiger partial charge in [0.25, 0.3) is 0 Å². The highest BCUT2D eigenvalue weighted by Crippen LogP contribution is 2.25. The first kappa shape index (κ1) is 15.0. The van der Waals surface area contributed by atoms with E-state index in [1.54, 1.807) is 0 Å². The fourth-order valence-electron chi connectivity index (χ4n) is 2.20. The van der Waals surface area contributed by atoms with Crippen LogP contribution in [0, 0.1) is 0 Å². The smallest absolute Gasteiger partial charge is 0.0603 e. The van der Waals surface area contributed by atoms with Crippen molar-refractivity contribution in [3.63, 3.8) is 0 Å². The molecule has 0 bridgehead atoms. The highest BCUT2D eigenvalue weighted by Gasteiger charge is 2.15. The molecule has 0 radical (unpaired) electrons. The maximum atomic E-state index is 4.32. The zero-order valence-electron chi connectivity index (χ0n) is 12.5. The lowest BCUT2D eigenvalue weighted by molar-refractivity contribution is 0.669. The molecule has 4 heteroatoms. The molecule has 108 valence electrons. The molecule has 0 aromatic carbocycles. The molecule has 0 aliphatic rings. The van der Waals surface area contributed by atoms with Gasteiger partial charge in [0, 0.05) is 23.7 Å². The van der Waals surface area contributed by atoms with E-state index in [0.717, 1.165) is 19.6 Å². The number of hydrogen-bond acceptors (Lipinski definition) is 4. The standard InChI is InChI=1S/C16H23N3S/c1-4-17-10-14-7-8-18-11-16(14)19(13(2)3)12-15-6-5-9-20-15/h5-9,11,13,17H,4,10,12H2,1-3H3. The molecule has 0 aliphatic carbocycles. The number of rotatable bonds is 7. The summed E-state index contributed by atoms with van der Waals surface area (Å²) in [5.74, 6) is 0. The maximum Gasteiger partial charge on any atom is 0.0603 e. The number of aromatic nitrogens is 1. The summed E-state index contributed by atoms with van der Waals surface area (Å²) in [6.07, 6.45) is 3.86. The van der Waals surface area contributed by atoms with Crippen molar-refractivity contribution in [2.45, 2.75) is 39.9 Å². The predicted molar refractivity (Wildman–Crippen MR) is 87.3 cm³/mol. The van der Waals surface area contributed by atoms with Crippen LogP contribution >= 0.6 is 11.3 Å². The third-order valence-corrected chi connectivity index (χ3v) is 4.15. The number of anilines is 1. The van der Waals surface area contributed by atoms with E-state index >= 15 is 0 Å². The highest BCUT2D eigenvalue weighted by molar-refractivity contribution is 7.09. The number of nitrogens with one attached hydrogen (secondary N) is 1. The van der Waals surface area contributed by atoms with Crippen LogP contribution in [0.1, 0.15) is 31.2 Å². The Hall–Kier alpha value is -1.39. The molecule has 0 saturated heterocycles. The van der Waals surface area contributed by atoms with Crippen LogP contribution in [0.2, 0.25) is 0 Å². The fraction of sp³-hybridized carbons (Fsp3) is 0.438. The van der Waals surface area contributed by atoms with Crippen molar-refractivity contribution in [3.8, 4) is 0 Å². The first-order chi connectivity index (χ1) is 9.72. The molecule has 3 nitrogen and oxygen atoms in total. The average molecular weight is 289 g/mol. The van der Waals surface area contributed by atoms with Crippen LogP contribution in [-0.2, 0) is 13.1 Å². The van der Waals surface area contributed by atoms with Gasteiger partial charge in [-0.15, -0.1) is 11.3 Å². The van der Waals surface area contributed by atoms with E-state index < -0.39 is 0 Å². The van der Waals surface area contributed by atoms with Crippen molar-refractivity contribution >= 4 is 17.0 Å². The van der Waals surface area contributed by atoms with Crippen LogP contribution in [0.15, 0.2) is 36.0 Å². The molecule has 20 heavy (non-hydrogen) atoms. The van der Waals surface area contributed by atoms with Gasteiger partial charge in [0.1, 0.15) is 0 Å². The first-order valence-corrected chi connectivity index (χ1v) is 8.03. The Kier molecular flexibility index (Phi) is 5.56. The maximum absolute atomic E-state index is 4.32. The number of thiophene rings is 1. The SMILES string of the molecule is CCNCc1ccncc1N(Cc1cccs1)C(C)C. The summed E-state index contributed by atoms with van der Waals surface area (Å²) in [7, 11) is 0. The van der Waals surface area contributed by atoms with Crippen molar-refractivity contribution in [1.29, 1.82) is 0 Å². The van der Waals surface area contributed by atoms with Gasteiger partial charge in [0.15, 0.2) is 0 Å². The summed E-state index contributed by atoms with van der Waals surface area (Å²) in [5, 5.41) is 5.54. The van der Waals surface area contributed by atoms with Crippen LogP contribution in [0.4, 0.5) is 5.69 Å². The number of nitrogens with zero attached hydrogens (tertiary/aromatic N) is 2. The Bertz CT molecular complexity index is 508.